The van der Waals surface area contributed by atoms with Crippen LogP contribution in [0.4, 0.5) is 17.5 Å². The number of nitrogen functional groups attached to an aromatic ring is 1. The van der Waals surface area contributed by atoms with E-state index in [2.05, 4.69) is 45.6 Å². The van der Waals surface area contributed by atoms with Gasteiger partial charge in [-0.15, -0.1) is 0 Å². The van der Waals surface area contributed by atoms with E-state index in [0.29, 0.717) is 34.4 Å². The van der Waals surface area contributed by atoms with Gasteiger partial charge in [-0.3, -0.25) is 10.2 Å². The zero-order chi connectivity index (χ0) is 26.4. The lowest BCUT2D eigenvalue weighted by atomic mass is 9.83. The topological polar surface area (TPSA) is 147 Å². The zero-order valence-electron chi connectivity index (χ0n) is 19.4. The number of anilines is 3. The predicted octanol–water partition coefficient (Wildman–Crippen LogP) is 7.21. The van der Waals surface area contributed by atoms with Crippen molar-refractivity contribution in [3.63, 3.8) is 0 Å². The molecule has 0 radical (unpaired) electrons. The molecule has 0 aliphatic heterocycles. The summed E-state index contributed by atoms with van der Waals surface area (Å²) in [6, 6.07) is 6.94. The average molecular weight is 605 g/mol. The van der Waals surface area contributed by atoms with Crippen molar-refractivity contribution in [1.82, 2.24) is 40.3 Å². The molecule has 0 aromatic carbocycles. The predicted molar refractivity (Wildman–Crippen MR) is 147 cm³/mol. The van der Waals surface area contributed by atoms with E-state index >= 15 is 0 Å². The molecule has 0 spiro atoms. The van der Waals surface area contributed by atoms with Gasteiger partial charge in [0.25, 0.3) is 0 Å². The average Bonchev–Trinajstić information content (AvgIpc) is 3.34. The summed E-state index contributed by atoms with van der Waals surface area (Å²) < 4.78 is 0. The molecule has 0 unspecified atom stereocenters. The highest BCUT2D eigenvalue weighted by molar-refractivity contribution is 6.35. The Morgan fingerprint density at radius 2 is 1.16 bits per heavy atom. The van der Waals surface area contributed by atoms with Crippen LogP contribution in [0.2, 0.25) is 26.0 Å². The smallest absolute Gasteiger partial charge is 0.225 e. The van der Waals surface area contributed by atoms with Crippen molar-refractivity contribution in [1.29, 1.82) is 0 Å². The molecule has 4 aromatic heterocycles. The van der Waals surface area contributed by atoms with Crippen molar-refractivity contribution in [3.05, 3.63) is 61.7 Å². The lowest BCUT2D eigenvalue weighted by Gasteiger charge is -2.23. The van der Waals surface area contributed by atoms with Crippen LogP contribution in [0, 0.1) is 0 Å². The van der Waals surface area contributed by atoms with Gasteiger partial charge < -0.3 is 11.1 Å². The summed E-state index contributed by atoms with van der Waals surface area (Å²) >= 11 is 27.7. The number of hydrogen-bond acceptors (Lipinski definition) is 8. The van der Waals surface area contributed by atoms with Crippen molar-refractivity contribution in [2.45, 2.75) is 50.4 Å². The molecule has 0 saturated heterocycles. The van der Waals surface area contributed by atoms with E-state index in [0.717, 1.165) is 5.69 Å². The largest absolute Gasteiger partial charge is 0.382 e. The molecule has 2 aliphatic carbocycles. The highest BCUT2D eigenvalue weighted by atomic mass is 35.5. The minimum absolute atomic E-state index is 0.0625. The number of hydrogen-bond donors (Lipinski definition) is 4. The van der Waals surface area contributed by atoms with E-state index in [1.165, 1.54) is 50.3 Å². The number of H-pyrrole nitrogens is 2. The van der Waals surface area contributed by atoms with E-state index in [9.17, 15) is 0 Å². The molecule has 37 heavy (non-hydrogen) atoms. The third-order valence-corrected chi connectivity index (χ3v) is 6.78. The van der Waals surface area contributed by atoms with Gasteiger partial charge in [-0.05, 0) is 48.9 Å². The molecular weight excluding hydrogens is 582 g/mol. The summed E-state index contributed by atoms with van der Waals surface area (Å²) in [4.78, 5) is 14.9. The third kappa shape index (κ3) is 8.31. The summed E-state index contributed by atoms with van der Waals surface area (Å²) in [7, 11) is 0. The molecule has 2 fully saturated rings. The quantitative estimate of drug-likeness (QED) is 0.141. The van der Waals surface area contributed by atoms with Crippen LogP contribution in [0.5, 0.6) is 0 Å². The first-order chi connectivity index (χ1) is 17.7. The number of rotatable bonds is 4. The molecule has 0 amide bonds. The Balaban J connectivity index is 0.000000143. The summed E-state index contributed by atoms with van der Waals surface area (Å²) in [6.07, 6.45) is 7.69. The third-order valence-electron chi connectivity index (χ3n) is 5.87. The highest BCUT2D eigenvalue weighted by Crippen LogP contribution is 2.36. The highest BCUT2D eigenvalue weighted by Gasteiger charge is 2.22. The summed E-state index contributed by atoms with van der Waals surface area (Å²) in [6.45, 7) is 0. The zero-order valence-corrected chi connectivity index (χ0v) is 23.1. The second kappa shape index (κ2) is 12.9. The Bertz CT molecular complexity index is 1250. The van der Waals surface area contributed by atoms with Gasteiger partial charge in [0.1, 0.15) is 27.1 Å². The van der Waals surface area contributed by atoms with Gasteiger partial charge in [0.2, 0.25) is 10.6 Å². The van der Waals surface area contributed by atoms with Crippen LogP contribution >= 0.6 is 58.0 Å². The van der Waals surface area contributed by atoms with Crippen molar-refractivity contribution in [3.8, 4) is 0 Å². The fourth-order valence-corrected chi connectivity index (χ4v) is 4.66. The maximum absolute atomic E-state index is 5.80. The molecule has 4 aromatic rings. The molecule has 0 bridgehead atoms. The lowest BCUT2D eigenvalue weighted by Crippen LogP contribution is -2.08. The Morgan fingerprint density at radius 3 is 1.62 bits per heavy atom. The molecule has 0 atom stereocenters. The summed E-state index contributed by atoms with van der Waals surface area (Å²) in [5.74, 6) is 3.19. The first-order valence-electron chi connectivity index (χ1n) is 11.4. The van der Waals surface area contributed by atoms with Crippen LogP contribution in [0.3, 0.4) is 0 Å². The number of nitrogens with zero attached hydrogens (tertiary/aromatic N) is 6. The molecule has 10 nitrogen and oxygen atoms in total. The first kappa shape index (κ1) is 27.7. The Kier molecular flexibility index (Phi) is 9.66. The first-order valence-corrected chi connectivity index (χ1v) is 13.3. The van der Waals surface area contributed by atoms with E-state index in [1.54, 1.807) is 6.07 Å². The molecular formula is C22H23Cl5N10. The number of aromatic nitrogens is 8. The van der Waals surface area contributed by atoms with Gasteiger partial charge in [-0.25, -0.2) is 19.9 Å². The molecule has 15 heteroatoms. The Morgan fingerprint density at radius 1 is 0.649 bits per heavy atom. The maximum Gasteiger partial charge on any atom is 0.225 e. The van der Waals surface area contributed by atoms with E-state index in [4.69, 9.17) is 63.7 Å². The van der Waals surface area contributed by atoms with Gasteiger partial charge in [0.15, 0.2) is 5.82 Å². The molecule has 5 N–H and O–H groups in total. The molecule has 2 saturated carbocycles. The van der Waals surface area contributed by atoms with Gasteiger partial charge in [-0.1, -0.05) is 47.6 Å². The molecule has 196 valence electrons. The second-order valence-electron chi connectivity index (χ2n) is 8.46. The molecule has 2 aliphatic rings. The van der Waals surface area contributed by atoms with Gasteiger partial charge in [0.05, 0.1) is 0 Å². The van der Waals surface area contributed by atoms with Gasteiger partial charge in [-0.2, -0.15) is 10.2 Å². The van der Waals surface area contributed by atoms with E-state index in [1.807, 2.05) is 12.1 Å². The van der Waals surface area contributed by atoms with Gasteiger partial charge >= 0.3 is 0 Å². The minimum Gasteiger partial charge on any atom is -0.382 e. The summed E-state index contributed by atoms with van der Waals surface area (Å²) in [5, 5.41) is 18.0. The maximum atomic E-state index is 5.80. The minimum atomic E-state index is 0.0625. The van der Waals surface area contributed by atoms with Crippen molar-refractivity contribution in [2.24, 2.45) is 0 Å². The van der Waals surface area contributed by atoms with Crippen LogP contribution in [0.1, 0.15) is 61.7 Å². The summed E-state index contributed by atoms with van der Waals surface area (Å²) in [5.41, 5.74) is 7.83. The molecule has 6 rings (SSSR count). The Labute approximate surface area is 238 Å². The van der Waals surface area contributed by atoms with E-state index in [-0.39, 0.29) is 20.9 Å². The van der Waals surface area contributed by atoms with Crippen LogP contribution in [-0.2, 0) is 0 Å². The van der Waals surface area contributed by atoms with Crippen molar-refractivity contribution >= 4 is 75.5 Å². The van der Waals surface area contributed by atoms with Gasteiger partial charge in [0, 0.05) is 47.5 Å². The second-order valence-corrected chi connectivity index (χ2v) is 10.3. The van der Waals surface area contributed by atoms with Crippen LogP contribution in [0.15, 0.2) is 24.3 Å². The molecule has 4 heterocycles. The number of nitrogens with one attached hydrogen (secondary N) is 3. The van der Waals surface area contributed by atoms with Crippen molar-refractivity contribution < 1.29 is 0 Å². The van der Waals surface area contributed by atoms with Crippen molar-refractivity contribution in [2.75, 3.05) is 11.1 Å². The van der Waals surface area contributed by atoms with E-state index < -0.39 is 0 Å². The standard InChI is InChI=1S/C11H11Cl2N5.C7H11N3.C4HCl3N2/c12-8-5-9(16-11(13)14-8)15-10-4-7(17-18-10)6-2-1-3-6;8-7-4-6(9-10-7)5-2-1-3-5;5-2-1-3(6)9-4(7)8-2/h4-6H,1-3H2,(H2,14,15,16,17,18);4-5H,1-3H2,(H3,8,9,10);1H. The number of nitrogens with two attached hydrogens (primary N) is 1. The fraction of sp³-hybridized carbons (Fsp3) is 0.364. The monoisotopic (exact) mass is 602 g/mol. The Hall–Kier alpha value is -2.37. The van der Waals surface area contributed by atoms with Crippen LogP contribution in [-0.4, -0.2) is 40.3 Å². The van der Waals surface area contributed by atoms with Crippen LogP contribution in [0.25, 0.3) is 0 Å². The number of halogens is 5. The lowest BCUT2D eigenvalue weighted by molar-refractivity contribution is 0.410. The normalized spacial score (nSPS) is 14.9. The number of aromatic amines is 2. The SMILES string of the molecule is Clc1cc(Cl)nc(Cl)n1.Clc1cc(Nc2cc(C3CCC3)[nH]n2)nc(Cl)n1.Nc1cc(C2CCC2)[nH]n1. The fourth-order valence-electron chi connectivity index (χ4n) is 3.56. The van der Waals surface area contributed by atoms with Crippen LogP contribution < -0.4 is 11.1 Å².